The molecule has 0 bridgehead atoms. The van der Waals surface area contributed by atoms with Gasteiger partial charge in [0.2, 0.25) is 5.91 Å². The van der Waals surface area contributed by atoms with E-state index in [4.69, 9.17) is 4.74 Å². The highest BCUT2D eigenvalue weighted by Crippen LogP contribution is 2.44. The summed E-state index contributed by atoms with van der Waals surface area (Å²) in [4.78, 5) is 36.4. The molecule has 0 heterocycles. The van der Waals surface area contributed by atoms with Crippen molar-refractivity contribution in [1.82, 2.24) is 10.6 Å². The number of amides is 2. The predicted molar refractivity (Wildman–Crippen MR) is 121 cm³/mol. The van der Waals surface area contributed by atoms with Crippen LogP contribution < -0.4 is 10.6 Å². The van der Waals surface area contributed by atoms with Crippen LogP contribution in [0.5, 0.6) is 0 Å². The molecule has 7 nitrogen and oxygen atoms in total. The zero-order valence-electron chi connectivity index (χ0n) is 18.6. The molecule has 1 aliphatic rings. The van der Waals surface area contributed by atoms with E-state index in [1.54, 1.807) is 0 Å². The number of rotatable bonds is 9. The fourth-order valence-electron chi connectivity index (χ4n) is 4.19. The van der Waals surface area contributed by atoms with Crippen LogP contribution in [-0.2, 0) is 14.3 Å². The molecule has 2 atom stereocenters. The number of carbonyl (C=O) groups excluding carboxylic acids is 2. The van der Waals surface area contributed by atoms with Gasteiger partial charge in [0.05, 0.1) is 6.42 Å². The number of ether oxygens (including phenoxy) is 1. The summed E-state index contributed by atoms with van der Waals surface area (Å²) >= 11 is 0. The second kappa shape index (κ2) is 10.3. The molecule has 170 valence electrons. The Bertz CT molecular complexity index is 942. The van der Waals surface area contributed by atoms with Gasteiger partial charge in [0.15, 0.2) is 0 Å². The third-order valence-corrected chi connectivity index (χ3v) is 5.90. The van der Waals surface area contributed by atoms with Gasteiger partial charge < -0.3 is 20.5 Å². The second-order valence-corrected chi connectivity index (χ2v) is 8.39. The maximum atomic E-state index is 12.6. The summed E-state index contributed by atoms with van der Waals surface area (Å²) < 4.78 is 5.46. The molecule has 0 saturated heterocycles. The van der Waals surface area contributed by atoms with E-state index in [0.717, 1.165) is 22.3 Å². The minimum Gasteiger partial charge on any atom is -0.481 e. The van der Waals surface area contributed by atoms with Crippen LogP contribution >= 0.6 is 0 Å². The first-order valence-electron chi connectivity index (χ1n) is 11.0. The minimum atomic E-state index is -1.21. The van der Waals surface area contributed by atoms with Crippen molar-refractivity contribution in [2.75, 3.05) is 6.61 Å². The lowest BCUT2D eigenvalue weighted by molar-refractivity contribution is -0.140. The first kappa shape index (κ1) is 23.3. The summed E-state index contributed by atoms with van der Waals surface area (Å²) in [5.74, 6) is -1.64. The number of alkyl carbamates (subject to hydrolysis) is 1. The lowest BCUT2D eigenvalue weighted by atomic mass is 9.98. The number of hydrogen-bond acceptors (Lipinski definition) is 4. The van der Waals surface area contributed by atoms with E-state index >= 15 is 0 Å². The van der Waals surface area contributed by atoms with Crippen LogP contribution in [0.3, 0.4) is 0 Å². The van der Waals surface area contributed by atoms with Gasteiger partial charge >= 0.3 is 12.1 Å². The number of carbonyl (C=O) groups is 3. The number of carboxylic acids is 1. The van der Waals surface area contributed by atoms with Crippen molar-refractivity contribution < 1.29 is 24.2 Å². The van der Waals surface area contributed by atoms with Gasteiger partial charge in [-0.2, -0.15) is 0 Å². The molecule has 7 heteroatoms. The monoisotopic (exact) mass is 438 g/mol. The molecule has 1 aliphatic carbocycles. The maximum absolute atomic E-state index is 12.6. The fourth-order valence-corrected chi connectivity index (χ4v) is 4.19. The Morgan fingerprint density at radius 2 is 1.53 bits per heavy atom. The zero-order chi connectivity index (χ0) is 23.3. The summed E-state index contributed by atoms with van der Waals surface area (Å²) in [6, 6.07) is 14.6. The lowest BCUT2D eigenvalue weighted by Crippen LogP contribution is -2.51. The Morgan fingerprint density at radius 3 is 2.03 bits per heavy atom. The smallest absolute Gasteiger partial charge is 0.407 e. The summed E-state index contributed by atoms with van der Waals surface area (Å²) in [6.07, 6.45) is -0.635. The molecule has 0 spiro atoms. The van der Waals surface area contributed by atoms with Gasteiger partial charge in [-0.15, -0.1) is 0 Å². The van der Waals surface area contributed by atoms with Gasteiger partial charge in [0.25, 0.3) is 0 Å². The predicted octanol–water partition coefficient (Wildman–Crippen LogP) is 3.92. The number of benzene rings is 2. The lowest BCUT2D eigenvalue weighted by Gasteiger charge is -2.24. The van der Waals surface area contributed by atoms with Crippen LogP contribution in [0.1, 0.15) is 50.7 Å². The van der Waals surface area contributed by atoms with Crippen LogP contribution in [-0.4, -0.2) is 41.8 Å². The molecule has 2 aromatic carbocycles. The molecule has 32 heavy (non-hydrogen) atoms. The molecule has 0 fully saturated rings. The largest absolute Gasteiger partial charge is 0.481 e. The van der Waals surface area contributed by atoms with Gasteiger partial charge in [-0.25, -0.2) is 4.79 Å². The molecular formula is C25H30N2O5. The van der Waals surface area contributed by atoms with E-state index in [9.17, 15) is 19.5 Å². The van der Waals surface area contributed by atoms with Crippen LogP contribution in [0.25, 0.3) is 11.1 Å². The number of hydrogen-bond donors (Lipinski definition) is 3. The normalized spacial score (nSPS) is 14.2. The Kier molecular flexibility index (Phi) is 7.51. The van der Waals surface area contributed by atoms with Crippen LogP contribution in [0.15, 0.2) is 48.5 Å². The van der Waals surface area contributed by atoms with Crippen molar-refractivity contribution in [3.05, 3.63) is 59.7 Å². The summed E-state index contributed by atoms with van der Waals surface area (Å²) in [5, 5.41) is 14.5. The minimum absolute atomic E-state index is 0.0881. The first-order valence-corrected chi connectivity index (χ1v) is 11.0. The quantitative estimate of drug-likeness (QED) is 0.550. The molecule has 0 radical (unpaired) electrons. The van der Waals surface area contributed by atoms with Gasteiger partial charge in [-0.3, -0.25) is 9.59 Å². The van der Waals surface area contributed by atoms with E-state index in [0.29, 0.717) is 6.42 Å². The summed E-state index contributed by atoms with van der Waals surface area (Å²) in [7, 11) is 0. The standard InChI is InChI=1S/C25H30N2O5/c1-4-21(15(2)3)26-24(30)22(13-23(28)29)27-25(31)32-14-20-18-11-7-5-9-16(18)17-10-6-8-12-19(17)20/h5-12,15,20-22H,4,13-14H2,1-3H3,(H,26,30)(H,27,31)(H,28,29). The van der Waals surface area contributed by atoms with E-state index in [1.165, 1.54) is 0 Å². The average molecular weight is 439 g/mol. The van der Waals surface area contributed by atoms with Gasteiger partial charge in [0.1, 0.15) is 12.6 Å². The number of nitrogens with one attached hydrogen (secondary N) is 2. The highest BCUT2D eigenvalue weighted by molar-refractivity contribution is 5.89. The molecule has 0 aromatic heterocycles. The van der Waals surface area contributed by atoms with Crippen molar-refractivity contribution in [1.29, 1.82) is 0 Å². The Balaban J connectivity index is 1.67. The molecule has 2 amide bonds. The van der Waals surface area contributed by atoms with Crippen LogP contribution in [0.4, 0.5) is 4.79 Å². The van der Waals surface area contributed by atoms with Crippen molar-refractivity contribution >= 4 is 18.0 Å². The number of fused-ring (bicyclic) bond motifs is 3. The van der Waals surface area contributed by atoms with Crippen molar-refractivity contribution in [2.24, 2.45) is 5.92 Å². The molecule has 2 aromatic rings. The molecule has 3 rings (SSSR count). The Morgan fingerprint density at radius 1 is 0.969 bits per heavy atom. The van der Waals surface area contributed by atoms with Crippen molar-refractivity contribution in [2.45, 2.75) is 51.6 Å². The van der Waals surface area contributed by atoms with Crippen LogP contribution in [0.2, 0.25) is 0 Å². The first-order chi connectivity index (χ1) is 15.3. The molecule has 0 aliphatic heterocycles. The summed E-state index contributed by atoms with van der Waals surface area (Å²) in [5.41, 5.74) is 4.37. The molecule has 0 saturated carbocycles. The van der Waals surface area contributed by atoms with Crippen LogP contribution in [0, 0.1) is 5.92 Å². The fraction of sp³-hybridized carbons (Fsp3) is 0.400. The number of aliphatic carboxylic acids is 1. The Labute approximate surface area is 188 Å². The topological polar surface area (TPSA) is 105 Å². The van der Waals surface area contributed by atoms with E-state index < -0.39 is 30.4 Å². The third kappa shape index (κ3) is 5.28. The second-order valence-electron chi connectivity index (χ2n) is 8.39. The maximum Gasteiger partial charge on any atom is 0.407 e. The van der Waals surface area contributed by atoms with E-state index in [2.05, 4.69) is 10.6 Å². The molecule has 2 unspecified atom stereocenters. The van der Waals surface area contributed by atoms with Crippen molar-refractivity contribution in [3.63, 3.8) is 0 Å². The van der Waals surface area contributed by atoms with Gasteiger partial charge in [0, 0.05) is 12.0 Å². The molecule has 3 N–H and O–H groups in total. The molecular weight excluding hydrogens is 408 g/mol. The van der Waals surface area contributed by atoms with Crippen molar-refractivity contribution in [3.8, 4) is 11.1 Å². The summed E-state index contributed by atoms with van der Waals surface area (Å²) in [6.45, 7) is 5.97. The highest BCUT2D eigenvalue weighted by Gasteiger charge is 2.30. The third-order valence-electron chi connectivity index (χ3n) is 5.90. The van der Waals surface area contributed by atoms with Gasteiger partial charge in [-0.1, -0.05) is 69.3 Å². The van der Waals surface area contributed by atoms with Gasteiger partial charge in [-0.05, 0) is 34.6 Å². The zero-order valence-corrected chi connectivity index (χ0v) is 18.6. The van der Waals surface area contributed by atoms with E-state index in [1.807, 2.05) is 69.3 Å². The Hall–Kier alpha value is -3.35. The highest BCUT2D eigenvalue weighted by atomic mass is 16.5. The average Bonchev–Trinajstić information content (AvgIpc) is 3.08. The SMILES string of the molecule is CCC(NC(=O)C(CC(=O)O)NC(=O)OCC1c2ccccc2-c2ccccc21)C(C)C. The number of carboxylic acid groups (broad SMARTS) is 1. The van der Waals surface area contributed by atoms with E-state index in [-0.39, 0.29) is 24.5 Å².